The highest BCUT2D eigenvalue weighted by molar-refractivity contribution is 5.44. The van der Waals surface area contributed by atoms with Crippen molar-refractivity contribution in [2.75, 3.05) is 5.73 Å². The number of rotatable bonds is 5. The Morgan fingerprint density at radius 1 is 1.21 bits per heavy atom. The zero-order valence-corrected chi connectivity index (χ0v) is 12.1. The topological polar surface area (TPSA) is 43.8 Å². The van der Waals surface area contributed by atoms with Crippen LogP contribution in [-0.4, -0.2) is 9.78 Å². The Morgan fingerprint density at radius 3 is 2.47 bits per heavy atom. The molecule has 0 radical (unpaired) electrons. The van der Waals surface area contributed by atoms with Crippen molar-refractivity contribution >= 4 is 5.82 Å². The van der Waals surface area contributed by atoms with Crippen LogP contribution in [0, 0.1) is 0 Å². The Balaban J connectivity index is 2.23. The number of nitrogens with two attached hydrogens (primary N) is 1. The molecule has 0 fully saturated rings. The number of nitrogen functional groups attached to an aromatic ring is 1. The Kier molecular flexibility index (Phi) is 4.25. The van der Waals surface area contributed by atoms with Gasteiger partial charge in [-0.1, -0.05) is 39.3 Å². The van der Waals surface area contributed by atoms with Crippen LogP contribution in [0.25, 0.3) is 5.69 Å². The normalized spacial score (nSPS) is 11.2. The monoisotopic (exact) mass is 257 g/mol. The van der Waals surface area contributed by atoms with E-state index in [4.69, 9.17) is 5.73 Å². The molecule has 102 valence electrons. The van der Waals surface area contributed by atoms with E-state index in [1.54, 1.807) is 0 Å². The van der Waals surface area contributed by atoms with Crippen molar-refractivity contribution in [1.82, 2.24) is 9.78 Å². The summed E-state index contributed by atoms with van der Waals surface area (Å²) >= 11 is 0. The van der Waals surface area contributed by atoms with E-state index in [-0.39, 0.29) is 0 Å². The molecule has 0 atom stereocenters. The Hall–Kier alpha value is -1.77. The molecule has 19 heavy (non-hydrogen) atoms. The summed E-state index contributed by atoms with van der Waals surface area (Å²) in [6, 6.07) is 10.4. The van der Waals surface area contributed by atoms with Crippen molar-refractivity contribution in [3.8, 4) is 5.69 Å². The minimum absolute atomic E-state index is 0.545. The summed E-state index contributed by atoms with van der Waals surface area (Å²) < 4.78 is 1.83. The maximum atomic E-state index is 6.04. The van der Waals surface area contributed by atoms with Gasteiger partial charge in [-0.2, -0.15) is 5.10 Å². The number of nitrogens with zero attached hydrogens (tertiary/aromatic N) is 2. The molecule has 2 N–H and O–H groups in total. The predicted molar refractivity (Wildman–Crippen MR) is 80.7 cm³/mol. The molecule has 3 nitrogen and oxygen atoms in total. The van der Waals surface area contributed by atoms with Crippen molar-refractivity contribution in [1.29, 1.82) is 0 Å². The molecular weight excluding hydrogens is 234 g/mol. The van der Waals surface area contributed by atoms with Gasteiger partial charge in [0.2, 0.25) is 0 Å². The first-order valence-electron chi connectivity index (χ1n) is 7.06. The first-order valence-corrected chi connectivity index (χ1v) is 7.06. The summed E-state index contributed by atoms with van der Waals surface area (Å²) in [4.78, 5) is 0. The van der Waals surface area contributed by atoms with Crippen LogP contribution in [0.15, 0.2) is 30.3 Å². The number of hydrogen-bond donors (Lipinski definition) is 1. The molecule has 0 saturated carbocycles. The van der Waals surface area contributed by atoms with E-state index in [1.807, 2.05) is 10.7 Å². The van der Waals surface area contributed by atoms with E-state index in [9.17, 15) is 0 Å². The fraction of sp³-hybridized carbons (Fsp3) is 0.438. The van der Waals surface area contributed by atoms with Gasteiger partial charge < -0.3 is 5.73 Å². The van der Waals surface area contributed by atoms with Crippen LogP contribution in [0.4, 0.5) is 5.82 Å². The summed E-state index contributed by atoms with van der Waals surface area (Å²) in [5.74, 6) is 1.26. The summed E-state index contributed by atoms with van der Waals surface area (Å²) in [5.41, 5.74) is 9.49. The summed E-state index contributed by atoms with van der Waals surface area (Å²) in [5, 5.41) is 4.58. The highest BCUT2D eigenvalue weighted by Gasteiger charge is 2.07. The van der Waals surface area contributed by atoms with Crippen LogP contribution >= 0.6 is 0 Å². The van der Waals surface area contributed by atoms with Gasteiger partial charge in [-0.3, -0.25) is 0 Å². The van der Waals surface area contributed by atoms with Gasteiger partial charge in [0.05, 0.1) is 11.4 Å². The minimum Gasteiger partial charge on any atom is -0.384 e. The lowest BCUT2D eigenvalue weighted by Gasteiger charge is -2.08. The van der Waals surface area contributed by atoms with E-state index in [0.717, 1.165) is 24.2 Å². The zero-order chi connectivity index (χ0) is 13.8. The Labute approximate surface area is 115 Å². The minimum atomic E-state index is 0.545. The van der Waals surface area contributed by atoms with Crippen LogP contribution in [0.1, 0.15) is 50.8 Å². The SMILES string of the molecule is CCCCc1cc(N)n(-c2ccc(C(C)C)cc2)n1. The molecule has 0 aliphatic heterocycles. The average molecular weight is 257 g/mol. The number of unbranched alkanes of at least 4 members (excludes halogenated alkanes) is 1. The smallest absolute Gasteiger partial charge is 0.127 e. The van der Waals surface area contributed by atoms with Crippen LogP contribution < -0.4 is 5.73 Å². The molecular formula is C16H23N3. The number of benzene rings is 1. The largest absolute Gasteiger partial charge is 0.384 e. The van der Waals surface area contributed by atoms with E-state index in [1.165, 1.54) is 12.0 Å². The van der Waals surface area contributed by atoms with Gasteiger partial charge in [0.15, 0.2) is 0 Å². The van der Waals surface area contributed by atoms with Gasteiger partial charge in [-0.05, 0) is 36.5 Å². The molecule has 0 bridgehead atoms. The second-order valence-electron chi connectivity index (χ2n) is 5.32. The van der Waals surface area contributed by atoms with Crippen molar-refractivity contribution in [3.63, 3.8) is 0 Å². The highest BCUT2D eigenvalue weighted by Crippen LogP contribution is 2.19. The lowest BCUT2D eigenvalue weighted by Crippen LogP contribution is -2.02. The molecule has 0 amide bonds. The van der Waals surface area contributed by atoms with Gasteiger partial charge in [0.1, 0.15) is 5.82 Å². The Morgan fingerprint density at radius 2 is 1.89 bits per heavy atom. The van der Waals surface area contributed by atoms with E-state index in [2.05, 4.69) is 50.1 Å². The van der Waals surface area contributed by atoms with Crippen molar-refractivity contribution in [2.45, 2.75) is 46.0 Å². The van der Waals surface area contributed by atoms with Gasteiger partial charge in [-0.15, -0.1) is 0 Å². The maximum absolute atomic E-state index is 6.04. The molecule has 0 unspecified atom stereocenters. The quantitative estimate of drug-likeness (QED) is 0.882. The van der Waals surface area contributed by atoms with Crippen molar-refractivity contribution in [3.05, 3.63) is 41.6 Å². The lowest BCUT2D eigenvalue weighted by atomic mass is 10.0. The second-order valence-corrected chi connectivity index (χ2v) is 5.32. The zero-order valence-electron chi connectivity index (χ0n) is 12.1. The number of aryl methyl sites for hydroxylation is 1. The molecule has 0 saturated heterocycles. The van der Waals surface area contributed by atoms with Gasteiger partial charge >= 0.3 is 0 Å². The molecule has 0 aliphatic carbocycles. The highest BCUT2D eigenvalue weighted by atomic mass is 15.3. The second kappa shape index (κ2) is 5.91. The van der Waals surface area contributed by atoms with Crippen molar-refractivity contribution in [2.24, 2.45) is 0 Å². The first kappa shape index (κ1) is 13.7. The van der Waals surface area contributed by atoms with E-state index >= 15 is 0 Å². The molecule has 3 heteroatoms. The number of anilines is 1. The summed E-state index contributed by atoms with van der Waals surface area (Å²) in [6.07, 6.45) is 3.33. The van der Waals surface area contributed by atoms with Crippen molar-refractivity contribution < 1.29 is 0 Å². The third kappa shape index (κ3) is 3.16. The van der Waals surface area contributed by atoms with E-state index < -0.39 is 0 Å². The lowest BCUT2D eigenvalue weighted by molar-refractivity contribution is 0.753. The molecule has 1 heterocycles. The Bertz CT molecular complexity index is 523. The van der Waals surface area contributed by atoms with Crippen LogP contribution in [-0.2, 0) is 6.42 Å². The number of hydrogen-bond acceptors (Lipinski definition) is 2. The standard InChI is InChI=1S/C16H23N3/c1-4-5-6-14-11-16(17)19(18-14)15-9-7-13(8-10-15)12(2)3/h7-12H,4-6,17H2,1-3H3. The van der Waals surface area contributed by atoms with Gasteiger partial charge in [-0.25, -0.2) is 4.68 Å². The first-order chi connectivity index (χ1) is 9.11. The van der Waals surface area contributed by atoms with E-state index in [0.29, 0.717) is 11.7 Å². The predicted octanol–water partition coefficient (Wildman–Crippen LogP) is 3.92. The van der Waals surface area contributed by atoms with Crippen LogP contribution in [0.5, 0.6) is 0 Å². The third-order valence-electron chi connectivity index (χ3n) is 3.38. The summed E-state index contributed by atoms with van der Waals surface area (Å²) in [7, 11) is 0. The van der Waals surface area contributed by atoms with Crippen LogP contribution in [0.3, 0.4) is 0 Å². The van der Waals surface area contributed by atoms with Crippen LogP contribution in [0.2, 0.25) is 0 Å². The molecule has 0 spiro atoms. The maximum Gasteiger partial charge on any atom is 0.127 e. The molecule has 0 aliphatic rings. The fourth-order valence-electron chi connectivity index (χ4n) is 2.13. The average Bonchev–Trinajstić information content (AvgIpc) is 2.77. The molecule has 2 rings (SSSR count). The van der Waals surface area contributed by atoms with Gasteiger partial charge in [0.25, 0.3) is 0 Å². The molecule has 2 aromatic rings. The molecule has 1 aromatic heterocycles. The third-order valence-corrected chi connectivity index (χ3v) is 3.38. The number of aromatic nitrogens is 2. The van der Waals surface area contributed by atoms with Gasteiger partial charge in [0, 0.05) is 6.07 Å². The fourth-order valence-corrected chi connectivity index (χ4v) is 2.13. The molecule has 1 aromatic carbocycles. The summed E-state index contributed by atoms with van der Waals surface area (Å²) in [6.45, 7) is 6.57.